The first-order chi connectivity index (χ1) is 11.8. The van der Waals surface area contributed by atoms with Gasteiger partial charge in [0.25, 0.3) is 5.91 Å². The van der Waals surface area contributed by atoms with Crippen LogP contribution in [0.5, 0.6) is 0 Å². The Hall–Kier alpha value is -2.37. The molecule has 0 bridgehead atoms. The van der Waals surface area contributed by atoms with Crippen molar-refractivity contribution in [3.63, 3.8) is 0 Å². The molecular weight excluding hydrogens is 344 g/mol. The maximum Gasteiger partial charge on any atom is 0.305 e. The van der Waals surface area contributed by atoms with Crippen LogP contribution in [0.4, 0.5) is 0 Å². The summed E-state index contributed by atoms with van der Waals surface area (Å²) < 4.78 is 26.4. The number of carbonyl (C=O) groups excluding carboxylic acids is 1. The van der Waals surface area contributed by atoms with Crippen molar-refractivity contribution < 1.29 is 23.1 Å². The lowest BCUT2D eigenvalue weighted by molar-refractivity contribution is -0.138. The van der Waals surface area contributed by atoms with Gasteiger partial charge in [-0.2, -0.15) is 4.72 Å². The smallest absolute Gasteiger partial charge is 0.305 e. The molecule has 0 radical (unpaired) electrons. The minimum Gasteiger partial charge on any atom is -0.481 e. The molecular formula is C17H20N2O5S. The van der Waals surface area contributed by atoms with E-state index in [4.69, 9.17) is 11.5 Å². The highest BCUT2D eigenvalue weighted by atomic mass is 32.2. The zero-order chi connectivity index (χ0) is 18.5. The van der Waals surface area contributed by atoms with Crippen molar-refractivity contribution >= 4 is 21.9 Å². The Morgan fingerprint density at radius 2 is 1.96 bits per heavy atom. The number of amides is 1. The molecule has 134 valence electrons. The maximum absolute atomic E-state index is 12.5. The normalized spacial score (nSPS) is 16.1. The van der Waals surface area contributed by atoms with E-state index in [1.807, 2.05) is 0 Å². The van der Waals surface area contributed by atoms with Gasteiger partial charge in [0.15, 0.2) is 0 Å². The topological polar surface area (TPSA) is 113 Å². The fraction of sp³-hybridized carbons (Fsp3) is 0.412. The first kappa shape index (κ1) is 19.0. The Morgan fingerprint density at radius 3 is 2.56 bits per heavy atom. The van der Waals surface area contributed by atoms with Gasteiger partial charge in [-0.1, -0.05) is 24.8 Å². The van der Waals surface area contributed by atoms with Crippen LogP contribution >= 0.6 is 0 Å². The van der Waals surface area contributed by atoms with E-state index < -0.39 is 27.4 Å². The highest BCUT2D eigenvalue weighted by Crippen LogP contribution is 2.33. The summed E-state index contributed by atoms with van der Waals surface area (Å²) in [7, 11) is -3.81. The van der Waals surface area contributed by atoms with E-state index in [1.54, 1.807) is 0 Å². The van der Waals surface area contributed by atoms with E-state index in [0.717, 1.165) is 12.8 Å². The molecule has 2 rings (SSSR count). The summed E-state index contributed by atoms with van der Waals surface area (Å²) in [6.45, 7) is -0.152. The second-order valence-corrected chi connectivity index (χ2v) is 7.84. The molecule has 7 nitrogen and oxygen atoms in total. The zero-order valence-corrected chi connectivity index (χ0v) is 14.4. The number of hydrogen-bond donors (Lipinski definition) is 3. The minimum absolute atomic E-state index is 0.0749. The third-order valence-corrected chi connectivity index (χ3v) is 5.60. The molecule has 0 spiro atoms. The predicted molar refractivity (Wildman–Crippen MR) is 91.4 cm³/mol. The van der Waals surface area contributed by atoms with Gasteiger partial charge in [-0.3, -0.25) is 9.59 Å². The number of hydrogen-bond acceptors (Lipinski definition) is 4. The number of terminal acetylenes is 1. The quantitative estimate of drug-likeness (QED) is 0.628. The Bertz CT molecular complexity index is 805. The van der Waals surface area contributed by atoms with Crippen LogP contribution in [0.2, 0.25) is 0 Å². The molecule has 3 N–H and O–H groups in total. The minimum atomic E-state index is -3.81. The summed E-state index contributed by atoms with van der Waals surface area (Å²) in [6.07, 6.45) is 7.77. The lowest BCUT2D eigenvalue weighted by Crippen LogP contribution is -2.47. The van der Waals surface area contributed by atoms with Gasteiger partial charge in [-0.05, 0) is 31.0 Å². The lowest BCUT2D eigenvalue weighted by atomic mass is 9.92. The van der Waals surface area contributed by atoms with Crippen LogP contribution in [0.15, 0.2) is 29.2 Å². The van der Waals surface area contributed by atoms with Crippen LogP contribution in [-0.4, -0.2) is 37.5 Å². The molecule has 0 aliphatic heterocycles. The standard InChI is InChI=1S/C17H20N2O5S/c1-2-10-18-25(23,24)14-7-5-6-13(11-14)16(22)19-17(12-15(20)21)8-3-4-9-17/h1,5-7,11,18H,3-4,8-10,12H2,(H,19,22)(H,20,21). The van der Waals surface area contributed by atoms with Crippen molar-refractivity contribution in [1.82, 2.24) is 10.0 Å². The van der Waals surface area contributed by atoms with Gasteiger partial charge in [-0.15, -0.1) is 6.42 Å². The van der Waals surface area contributed by atoms with Gasteiger partial charge < -0.3 is 10.4 Å². The summed E-state index contributed by atoms with van der Waals surface area (Å²) in [4.78, 5) is 23.6. The molecule has 0 unspecified atom stereocenters. The SMILES string of the molecule is C#CCNS(=O)(=O)c1cccc(C(=O)NC2(CC(=O)O)CCCC2)c1. The molecule has 8 heteroatoms. The van der Waals surface area contributed by atoms with Gasteiger partial charge in [0.2, 0.25) is 10.0 Å². The zero-order valence-electron chi connectivity index (χ0n) is 13.6. The van der Waals surface area contributed by atoms with Crippen LogP contribution in [0.25, 0.3) is 0 Å². The Balaban J connectivity index is 2.21. The van der Waals surface area contributed by atoms with Crippen LogP contribution in [0.1, 0.15) is 42.5 Å². The van der Waals surface area contributed by atoms with E-state index in [2.05, 4.69) is 16.0 Å². The summed E-state index contributed by atoms with van der Waals surface area (Å²) in [5.41, 5.74) is -0.625. The van der Waals surface area contributed by atoms with Gasteiger partial charge in [0, 0.05) is 5.56 Å². The highest BCUT2D eigenvalue weighted by molar-refractivity contribution is 7.89. The van der Waals surface area contributed by atoms with Gasteiger partial charge in [0.05, 0.1) is 23.4 Å². The van der Waals surface area contributed by atoms with Crippen LogP contribution in [0.3, 0.4) is 0 Å². The molecule has 1 fully saturated rings. The van der Waals surface area contributed by atoms with Crippen molar-refractivity contribution in [2.75, 3.05) is 6.54 Å². The van der Waals surface area contributed by atoms with E-state index in [1.165, 1.54) is 24.3 Å². The summed E-state index contributed by atoms with van der Waals surface area (Å²) >= 11 is 0. The predicted octanol–water partition coefficient (Wildman–Crippen LogP) is 1.12. The maximum atomic E-state index is 12.5. The van der Waals surface area contributed by atoms with Crippen molar-refractivity contribution in [2.24, 2.45) is 0 Å². The molecule has 25 heavy (non-hydrogen) atoms. The number of aliphatic carboxylic acids is 1. The number of rotatable bonds is 7. The van der Waals surface area contributed by atoms with E-state index in [0.29, 0.717) is 12.8 Å². The third kappa shape index (κ3) is 4.81. The number of nitrogens with one attached hydrogen (secondary N) is 2. The van der Waals surface area contributed by atoms with Crippen molar-refractivity contribution in [2.45, 2.75) is 42.5 Å². The number of sulfonamides is 1. The second kappa shape index (κ2) is 7.68. The number of carbonyl (C=O) groups is 2. The van der Waals surface area contributed by atoms with Gasteiger partial charge in [-0.25, -0.2) is 8.42 Å². The molecule has 1 aromatic carbocycles. The van der Waals surface area contributed by atoms with Crippen LogP contribution in [-0.2, 0) is 14.8 Å². The Morgan fingerprint density at radius 1 is 1.28 bits per heavy atom. The molecule has 1 aromatic rings. The molecule has 1 amide bonds. The van der Waals surface area contributed by atoms with Crippen molar-refractivity contribution in [3.8, 4) is 12.3 Å². The van der Waals surface area contributed by atoms with Crippen molar-refractivity contribution in [1.29, 1.82) is 0 Å². The second-order valence-electron chi connectivity index (χ2n) is 6.07. The third-order valence-electron chi connectivity index (χ3n) is 4.20. The Labute approximate surface area is 146 Å². The monoisotopic (exact) mass is 364 g/mol. The lowest BCUT2D eigenvalue weighted by Gasteiger charge is -2.28. The summed E-state index contributed by atoms with van der Waals surface area (Å²) in [5, 5.41) is 11.9. The average Bonchev–Trinajstić information content (AvgIpc) is 3.00. The fourth-order valence-electron chi connectivity index (χ4n) is 3.02. The van der Waals surface area contributed by atoms with Crippen molar-refractivity contribution in [3.05, 3.63) is 29.8 Å². The molecule has 0 aromatic heterocycles. The molecule has 0 saturated heterocycles. The first-order valence-corrected chi connectivity index (χ1v) is 9.34. The van der Waals surface area contributed by atoms with E-state index >= 15 is 0 Å². The summed E-state index contributed by atoms with van der Waals surface area (Å²) in [5.74, 6) is 0.713. The molecule has 1 saturated carbocycles. The average molecular weight is 364 g/mol. The fourth-order valence-corrected chi connectivity index (χ4v) is 4.00. The summed E-state index contributed by atoms with van der Waals surface area (Å²) in [6, 6.07) is 5.55. The highest BCUT2D eigenvalue weighted by Gasteiger charge is 2.37. The van der Waals surface area contributed by atoms with Gasteiger partial charge >= 0.3 is 5.97 Å². The molecule has 1 aliphatic rings. The number of carboxylic acids is 1. The van der Waals surface area contributed by atoms with E-state index in [-0.39, 0.29) is 23.4 Å². The van der Waals surface area contributed by atoms with Gasteiger partial charge in [0.1, 0.15) is 0 Å². The van der Waals surface area contributed by atoms with E-state index in [9.17, 15) is 18.0 Å². The molecule has 0 heterocycles. The molecule has 1 aliphatic carbocycles. The first-order valence-electron chi connectivity index (χ1n) is 7.85. The largest absolute Gasteiger partial charge is 0.481 e. The Kier molecular flexibility index (Phi) is 5.82. The van der Waals surface area contributed by atoms with Crippen LogP contribution < -0.4 is 10.0 Å². The molecule has 0 atom stereocenters. The number of carboxylic acid groups (broad SMARTS) is 1. The van der Waals surface area contributed by atoms with Crippen LogP contribution in [0, 0.1) is 12.3 Å². The number of benzene rings is 1.